The number of anilines is 1. The van der Waals surface area contributed by atoms with Gasteiger partial charge < -0.3 is 19.8 Å². The maximum absolute atomic E-state index is 12.9. The molecule has 1 aromatic heterocycles. The van der Waals surface area contributed by atoms with Gasteiger partial charge in [-0.3, -0.25) is 9.59 Å². The minimum absolute atomic E-state index is 0.0905. The number of nitrogens with two attached hydrogens (primary N) is 1. The summed E-state index contributed by atoms with van der Waals surface area (Å²) in [5.74, 6) is -0.400. The number of ether oxygens (including phenoxy) is 2. The summed E-state index contributed by atoms with van der Waals surface area (Å²) in [5.41, 5.74) is 9.17. The molecule has 1 aromatic carbocycles. The number of allylic oxidation sites excluding steroid dienone is 3. The molecule has 0 aliphatic heterocycles. The fraction of sp³-hybridized carbons (Fsp3) is 0.391. The first-order chi connectivity index (χ1) is 13.7. The first kappa shape index (κ1) is 22.3. The van der Waals surface area contributed by atoms with Gasteiger partial charge in [-0.15, -0.1) is 0 Å². The average molecular weight is 399 g/mol. The van der Waals surface area contributed by atoms with Crippen molar-refractivity contribution in [1.29, 1.82) is 0 Å². The van der Waals surface area contributed by atoms with E-state index in [-0.39, 0.29) is 18.1 Å². The number of rotatable bonds is 8. The van der Waals surface area contributed by atoms with Crippen LogP contribution in [0.3, 0.4) is 0 Å². The molecule has 2 N–H and O–H groups in total. The van der Waals surface area contributed by atoms with Crippen LogP contribution in [-0.2, 0) is 11.3 Å². The Morgan fingerprint density at radius 3 is 2.48 bits per heavy atom. The fourth-order valence-electron chi connectivity index (χ4n) is 3.06. The van der Waals surface area contributed by atoms with Crippen LogP contribution in [0.1, 0.15) is 47.5 Å². The van der Waals surface area contributed by atoms with Crippen molar-refractivity contribution < 1.29 is 14.3 Å². The predicted molar refractivity (Wildman–Crippen MR) is 118 cm³/mol. The van der Waals surface area contributed by atoms with E-state index in [1.807, 2.05) is 19.9 Å². The third-order valence-corrected chi connectivity index (χ3v) is 4.52. The zero-order valence-electron chi connectivity index (χ0n) is 17.9. The summed E-state index contributed by atoms with van der Waals surface area (Å²) in [5, 5.41) is 0.674. The lowest BCUT2D eigenvalue weighted by Crippen LogP contribution is -2.24. The molecule has 2 aromatic rings. The van der Waals surface area contributed by atoms with E-state index in [1.54, 1.807) is 18.2 Å². The SMILES string of the molecule is CCn1c(=O)c(OC(C)=O)c(OC/C=C(\C)CCC=C(C)C)c2ccc(N)cc21. The molecule has 0 bridgehead atoms. The average Bonchev–Trinajstić information content (AvgIpc) is 2.63. The highest BCUT2D eigenvalue weighted by atomic mass is 16.6. The molecule has 29 heavy (non-hydrogen) atoms. The van der Waals surface area contributed by atoms with E-state index < -0.39 is 11.5 Å². The van der Waals surface area contributed by atoms with Crippen molar-refractivity contribution in [3.8, 4) is 11.5 Å². The van der Waals surface area contributed by atoms with Crippen molar-refractivity contribution in [2.75, 3.05) is 12.3 Å². The molecule has 0 aliphatic carbocycles. The Labute approximate surface area is 171 Å². The lowest BCUT2D eigenvalue weighted by molar-refractivity contribution is -0.132. The van der Waals surface area contributed by atoms with E-state index in [0.717, 1.165) is 12.8 Å². The smallest absolute Gasteiger partial charge is 0.308 e. The van der Waals surface area contributed by atoms with Crippen molar-refractivity contribution in [1.82, 2.24) is 4.57 Å². The molecule has 2 rings (SSSR count). The largest absolute Gasteiger partial charge is 0.485 e. The van der Waals surface area contributed by atoms with Gasteiger partial charge in [-0.1, -0.05) is 17.2 Å². The number of hydrogen-bond acceptors (Lipinski definition) is 5. The van der Waals surface area contributed by atoms with E-state index in [0.29, 0.717) is 23.1 Å². The van der Waals surface area contributed by atoms with E-state index in [1.165, 1.54) is 22.6 Å². The summed E-state index contributed by atoms with van der Waals surface area (Å²) in [6, 6.07) is 5.24. The van der Waals surface area contributed by atoms with Crippen molar-refractivity contribution in [3.05, 3.63) is 51.9 Å². The highest BCUT2D eigenvalue weighted by Crippen LogP contribution is 2.34. The second-order valence-corrected chi connectivity index (χ2v) is 7.26. The molecule has 0 aliphatic rings. The van der Waals surface area contributed by atoms with Crippen LogP contribution in [-0.4, -0.2) is 17.1 Å². The molecule has 156 valence electrons. The van der Waals surface area contributed by atoms with Crippen LogP contribution in [0, 0.1) is 0 Å². The number of fused-ring (bicyclic) bond motifs is 1. The molecule has 0 atom stereocenters. The zero-order valence-corrected chi connectivity index (χ0v) is 17.9. The molecule has 0 unspecified atom stereocenters. The molecule has 1 heterocycles. The molecule has 6 heteroatoms. The normalized spacial score (nSPS) is 11.4. The summed E-state index contributed by atoms with van der Waals surface area (Å²) >= 11 is 0. The number of aromatic nitrogens is 1. The molecule has 0 spiro atoms. The van der Waals surface area contributed by atoms with Crippen LogP contribution in [0.4, 0.5) is 5.69 Å². The first-order valence-electron chi connectivity index (χ1n) is 9.80. The van der Waals surface area contributed by atoms with Crippen LogP contribution in [0.25, 0.3) is 10.9 Å². The third kappa shape index (κ3) is 5.73. The minimum Gasteiger partial charge on any atom is -0.485 e. The molecular weight excluding hydrogens is 368 g/mol. The highest BCUT2D eigenvalue weighted by Gasteiger charge is 2.20. The zero-order chi connectivity index (χ0) is 21.6. The van der Waals surface area contributed by atoms with E-state index in [2.05, 4.69) is 19.9 Å². The highest BCUT2D eigenvalue weighted by molar-refractivity contribution is 5.90. The number of nitrogen functional groups attached to an aromatic ring is 1. The molecule has 0 saturated heterocycles. The maximum atomic E-state index is 12.9. The summed E-state index contributed by atoms with van der Waals surface area (Å²) in [4.78, 5) is 24.5. The first-order valence-corrected chi connectivity index (χ1v) is 9.80. The van der Waals surface area contributed by atoms with Crippen LogP contribution in [0.5, 0.6) is 11.5 Å². The summed E-state index contributed by atoms with van der Waals surface area (Å²) < 4.78 is 12.7. The number of carbonyl (C=O) groups excluding carboxylic acids is 1. The Hall–Kier alpha value is -3.02. The Kier molecular flexibility index (Phi) is 7.65. The molecule has 6 nitrogen and oxygen atoms in total. The van der Waals surface area contributed by atoms with Gasteiger partial charge in [-0.2, -0.15) is 0 Å². The van der Waals surface area contributed by atoms with Gasteiger partial charge in [0.1, 0.15) is 6.61 Å². The lowest BCUT2D eigenvalue weighted by Gasteiger charge is -2.17. The Morgan fingerprint density at radius 2 is 1.86 bits per heavy atom. The molecule has 0 radical (unpaired) electrons. The number of benzene rings is 1. The van der Waals surface area contributed by atoms with Crippen LogP contribution < -0.4 is 20.8 Å². The molecule has 0 amide bonds. The number of hydrogen-bond donors (Lipinski definition) is 1. The molecule has 0 saturated carbocycles. The van der Waals surface area contributed by atoms with Gasteiger partial charge >= 0.3 is 5.97 Å². The van der Waals surface area contributed by atoms with Gasteiger partial charge in [0.05, 0.1) is 5.52 Å². The van der Waals surface area contributed by atoms with E-state index in [9.17, 15) is 9.59 Å². The van der Waals surface area contributed by atoms with Gasteiger partial charge in [0.2, 0.25) is 5.75 Å². The number of aryl methyl sites for hydroxylation is 1. The Balaban J connectivity index is 2.43. The van der Waals surface area contributed by atoms with Gasteiger partial charge in [-0.25, -0.2) is 0 Å². The van der Waals surface area contributed by atoms with Crippen molar-refractivity contribution >= 4 is 22.6 Å². The summed E-state index contributed by atoms with van der Waals surface area (Å²) in [6.45, 7) is 9.99. The Morgan fingerprint density at radius 1 is 1.14 bits per heavy atom. The molecule has 0 fully saturated rings. The number of carbonyl (C=O) groups is 1. The van der Waals surface area contributed by atoms with E-state index >= 15 is 0 Å². The van der Waals surface area contributed by atoms with Gasteiger partial charge in [0.25, 0.3) is 5.56 Å². The fourth-order valence-corrected chi connectivity index (χ4v) is 3.06. The number of esters is 1. The monoisotopic (exact) mass is 398 g/mol. The number of pyridine rings is 1. The van der Waals surface area contributed by atoms with Crippen molar-refractivity contribution in [3.63, 3.8) is 0 Å². The van der Waals surface area contributed by atoms with Crippen LogP contribution in [0.2, 0.25) is 0 Å². The summed E-state index contributed by atoms with van der Waals surface area (Å²) in [7, 11) is 0. The minimum atomic E-state index is -0.571. The Bertz CT molecular complexity index is 1010. The molecular formula is C23H30N2O4. The maximum Gasteiger partial charge on any atom is 0.308 e. The van der Waals surface area contributed by atoms with Gasteiger partial charge in [-0.05, 0) is 64.8 Å². The van der Waals surface area contributed by atoms with E-state index in [4.69, 9.17) is 15.2 Å². The van der Waals surface area contributed by atoms with Crippen molar-refractivity contribution in [2.45, 2.75) is 54.0 Å². The van der Waals surface area contributed by atoms with Crippen LogP contribution >= 0.6 is 0 Å². The second kappa shape index (κ2) is 9.96. The standard InChI is InChI=1S/C23H30N2O4/c1-6-25-20-14-18(24)10-11-19(20)21(22(23(25)27)29-17(5)26)28-13-12-16(4)9-7-8-15(2)3/h8,10-12,14H,6-7,9,13,24H2,1-5H3/b16-12+. The lowest BCUT2D eigenvalue weighted by atomic mass is 10.1. The summed E-state index contributed by atoms with van der Waals surface area (Å²) in [6.07, 6.45) is 6.07. The topological polar surface area (TPSA) is 83.5 Å². The van der Waals surface area contributed by atoms with Gasteiger partial charge in [0.15, 0.2) is 5.75 Å². The quantitative estimate of drug-likeness (QED) is 0.399. The van der Waals surface area contributed by atoms with Crippen molar-refractivity contribution in [2.24, 2.45) is 0 Å². The van der Waals surface area contributed by atoms with Gasteiger partial charge in [0, 0.05) is 24.5 Å². The second-order valence-electron chi connectivity index (χ2n) is 7.26. The predicted octanol–water partition coefficient (Wildman–Crippen LogP) is 4.60. The number of nitrogens with zero attached hydrogens (tertiary/aromatic N) is 1. The third-order valence-electron chi connectivity index (χ3n) is 4.52. The van der Waals surface area contributed by atoms with Crippen LogP contribution in [0.15, 0.2) is 46.3 Å².